The van der Waals surface area contributed by atoms with Gasteiger partial charge in [-0.2, -0.15) is 0 Å². The lowest BCUT2D eigenvalue weighted by atomic mass is 9.67. The fourth-order valence-electron chi connectivity index (χ4n) is 21.7. The van der Waals surface area contributed by atoms with Gasteiger partial charge in [-0.1, -0.05) is 443 Å². The number of nitrogens with zero attached hydrogens (tertiary/aromatic N) is 2. The second-order valence-corrected chi connectivity index (χ2v) is 33.9. The third-order valence-electron chi connectivity index (χ3n) is 27.2. The van der Waals surface area contributed by atoms with E-state index < -0.39 is 10.8 Å². The molecule has 0 spiro atoms. The first-order valence-electron chi connectivity index (χ1n) is 44.4. The molecule has 0 saturated carbocycles. The van der Waals surface area contributed by atoms with E-state index in [9.17, 15) is 0 Å². The van der Waals surface area contributed by atoms with Crippen molar-refractivity contribution in [3.63, 3.8) is 0 Å². The van der Waals surface area contributed by atoms with Crippen molar-refractivity contribution in [1.82, 2.24) is 0 Å². The lowest BCUT2D eigenvalue weighted by Crippen LogP contribution is -2.28. The van der Waals surface area contributed by atoms with Crippen molar-refractivity contribution >= 4 is 77.2 Å². The zero-order valence-corrected chi connectivity index (χ0v) is 70.4. The summed E-state index contributed by atoms with van der Waals surface area (Å²) in [5, 5.41) is 9.47. The van der Waals surface area contributed by atoms with Gasteiger partial charge in [0, 0.05) is 44.6 Å². The summed E-state index contributed by atoms with van der Waals surface area (Å²) in [6.45, 7) is 0. The number of fused-ring (bicyclic) bond motifs is 12. The van der Waals surface area contributed by atoms with Crippen molar-refractivity contribution in [1.29, 1.82) is 0 Å². The van der Waals surface area contributed by atoms with Gasteiger partial charge in [-0.15, -0.1) is 0 Å². The second kappa shape index (κ2) is 31.4. The van der Waals surface area contributed by atoms with E-state index in [0.717, 1.165) is 83.8 Å². The highest BCUT2D eigenvalue weighted by Crippen LogP contribution is 2.61. The summed E-state index contributed by atoms with van der Waals surface area (Å²) in [5.74, 6) is 0. The number of benzene rings is 22. The van der Waals surface area contributed by atoms with E-state index in [-0.39, 0.29) is 0 Å². The van der Waals surface area contributed by atoms with Crippen molar-refractivity contribution in [2.24, 2.45) is 0 Å². The Morgan fingerprint density at radius 2 is 0.414 bits per heavy atom. The molecule has 0 aromatic heterocycles. The van der Waals surface area contributed by atoms with Crippen LogP contribution in [0.2, 0.25) is 0 Å². The smallest absolute Gasteiger partial charge is 0.0714 e. The molecule has 0 N–H and O–H groups in total. The first-order chi connectivity index (χ1) is 63.5. The molecule has 22 aromatic rings. The minimum absolute atomic E-state index is 0.650. The lowest BCUT2D eigenvalue weighted by Gasteiger charge is -2.36. The van der Waals surface area contributed by atoms with E-state index in [0.29, 0.717) is 0 Å². The van der Waals surface area contributed by atoms with Crippen molar-refractivity contribution in [3.05, 3.63) is 554 Å². The summed E-state index contributed by atoms with van der Waals surface area (Å²) in [7, 11) is 0. The van der Waals surface area contributed by atoms with Gasteiger partial charge in [0.2, 0.25) is 0 Å². The molecular weight excluding hydrogens is 1540 g/mol. The molecule has 0 fully saturated rings. The number of hydrogen-bond donors (Lipinski definition) is 0. The molecule has 128 heavy (non-hydrogen) atoms. The Labute approximate surface area is 746 Å². The summed E-state index contributed by atoms with van der Waals surface area (Å²) in [4.78, 5) is 5.10. The van der Waals surface area contributed by atoms with Gasteiger partial charge in [0.1, 0.15) is 0 Å². The lowest BCUT2D eigenvalue weighted by molar-refractivity contribution is 0.768. The molecule has 1 atom stereocenters. The second-order valence-electron chi connectivity index (χ2n) is 33.9. The molecule has 598 valence electrons. The molecule has 2 nitrogen and oxygen atoms in total. The first-order valence-corrected chi connectivity index (χ1v) is 44.4. The van der Waals surface area contributed by atoms with Crippen LogP contribution in [0.25, 0.3) is 143 Å². The Morgan fingerprint density at radius 3 is 0.914 bits per heavy atom. The van der Waals surface area contributed by atoms with E-state index in [1.807, 2.05) is 0 Å². The largest absolute Gasteiger partial charge is 0.309 e. The first kappa shape index (κ1) is 75.2. The molecule has 2 aliphatic rings. The Hall–Kier alpha value is -16.5. The molecule has 0 saturated heterocycles. The average molecular weight is 1630 g/mol. The number of anilines is 6. The van der Waals surface area contributed by atoms with Crippen LogP contribution in [0.15, 0.2) is 510 Å². The van der Waals surface area contributed by atoms with E-state index in [1.165, 1.54) is 138 Å². The molecule has 0 bridgehead atoms. The molecule has 2 heteroatoms. The Bertz CT molecular complexity index is 7980. The monoisotopic (exact) mass is 1620 g/mol. The van der Waals surface area contributed by atoms with E-state index in [1.54, 1.807) is 0 Å². The molecule has 2 aliphatic carbocycles. The summed E-state index contributed by atoms with van der Waals surface area (Å²) >= 11 is 0. The minimum atomic E-state index is -0.716. The van der Waals surface area contributed by atoms with Crippen molar-refractivity contribution in [3.8, 4) is 100 Å². The van der Waals surface area contributed by atoms with Crippen molar-refractivity contribution in [2.75, 3.05) is 9.80 Å². The molecule has 24 rings (SSSR count). The number of hydrogen-bond acceptors (Lipinski definition) is 2. The van der Waals surface area contributed by atoms with E-state index in [2.05, 4.69) is 519 Å². The topological polar surface area (TPSA) is 6.48 Å². The van der Waals surface area contributed by atoms with Crippen LogP contribution < -0.4 is 9.80 Å². The van der Waals surface area contributed by atoms with E-state index >= 15 is 0 Å². The quantitative estimate of drug-likeness (QED) is 0.0839. The highest BCUT2D eigenvalue weighted by molar-refractivity contribution is 6.24. The molecule has 0 radical (unpaired) electrons. The third kappa shape index (κ3) is 12.2. The zero-order chi connectivity index (χ0) is 84.6. The molecule has 0 aliphatic heterocycles. The van der Waals surface area contributed by atoms with Crippen LogP contribution >= 0.6 is 0 Å². The summed E-state index contributed by atoms with van der Waals surface area (Å²) < 4.78 is 0. The van der Waals surface area contributed by atoms with Crippen LogP contribution in [0.4, 0.5) is 34.1 Å². The van der Waals surface area contributed by atoms with Gasteiger partial charge >= 0.3 is 0 Å². The van der Waals surface area contributed by atoms with Crippen molar-refractivity contribution in [2.45, 2.75) is 10.8 Å². The standard InChI is InChI=1S/C126H84N2/c1-6-35-85(36-7-1)90-41-32-42-91(81-90)86-67-74-99(75-68-86)127(123-114-62-24-20-55-107(114)105-53-18-22-60-112(105)121(123)89-39-10-3-11-40-89)101-78-72-97(73-79-101)125(95-45-12-4-13-46-95)119-66-31-28-59-111(119)116-83-93(71-80-120(116)125)92-43-33-44-94(82-92)122-113-61-23-19-54-106(113)108-56-21-25-63-115(108)124(122)128(100-76-69-88(70-77-100)104-52-17-16-51-103(104)87-37-8-2-9-38-87)102-50-34-49-98(84-102)126(96-47-14-5-15-48-96)117-64-29-26-57-109(117)110-58-27-30-65-118(110)126/h1-84H. The molecule has 0 amide bonds. The van der Waals surface area contributed by atoms with E-state index in [4.69, 9.17) is 0 Å². The average Bonchev–Trinajstić information content (AvgIpc) is 1.53. The number of rotatable bonds is 17. The summed E-state index contributed by atoms with van der Waals surface area (Å²) in [6.07, 6.45) is 0. The fourth-order valence-corrected chi connectivity index (χ4v) is 21.7. The maximum absolute atomic E-state index is 2.58. The van der Waals surface area contributed by atoms with Gasteiger partial charge in [-0.25, -0.2) is 0 Å². The van der Waals surface area contributed by atoms with Gasteiger partial charge in [0.15, 0.2) is 0 Å². The van der Waals surface area contributed by atoms with Gasteiger partial charge in [0.25, 0.3) is 0 Å². The van der Waals surface area contributed by atoms with Crippen LogP contribution in [0.3, 0.4) is 0 Å². The zero-order valence-electron chi connectivity index (χ0n) is 70.4. The fraction of sp³-hybridized carbons (Fsp3) is 0.0159. The normalized spacial score (nSPS) is 13.4. The molecule has 0 heterocycles. The van der Waals surface area contributed by atoms with Crippen LogP contribution in [-0.4, -0.2) is 0 Å². The summed E-state index contributed by atoms with van der Waals surface area (Å²) in [6, 6.07) is 191. The molecule has 22 aromatic carbocycles. The predicted molar refractivity (Wildman–Crippen MR) is 538 cm³/mol. The maximum Gasteiger partial charge on any atom is 0.0714 e. The van der Waals surface area contributed by atoms with Gasteiger partial charge < -0.3 is 9.80 Å². The van der Waals surface area contributed by atoms with Crippen LogP contribution in [0.5, 0.6) is 0 Å². The molecule has 1 unspecified atom stereocenters. The highest BCUT2D eigenvalue weighted by Gasteiger charge is 2.48. The van der Waals surface area contributed by atoms with Gasteiger partial charge in [-0.3, -0.25) is 0 Å². The van der Waals surface area contributed by atoms with Gasteiger partial charge in [-0.05, 0) is 233 Å². The highest BCUT2D eigenvalue weighted by atomic mass is 15.2. The Morgan fingerprint density at radius 1 is 0.133 bits per heavy atom. The van der Waals surface area contributed by atoms with Crippen molar-refractivity contribution < 1.29 is 0 Å². The maximum atomic E-state index is 2.58. The van der Waals surface area contributed by atoms with Crippen LogP contribution in [0.1, 0.15) is 44.5 Å². The minimum Gasteiger partial charge on any atom is -0.309 e. The summed E-state index contributed by atoms with van der Waals surface area (Å²) in [5.41, 5.74) is 36.0. The molecular formula is C126H84N2. The Balaban J connectivity index is 0.678. The SMILES string of the molecule is c1ccc(-c2cccc(-c3ccc(N(c4ccc(C5(c6ccccc6)c6ccccc6-c6cc(-c7cccc(-c8c(N(c9ccc(-c%10ccccc%10-c%10ccccc%10)cc9)c9cccc(C%10(c%11ccccc%11)c%11ccccc%11-c%11ccccc%11%10)c9)c9ccccc9c9ccccc89)c7)ccc65)cc4)c4c(-c5ccccc5)c5ccccc5c5ccccc45)cc3)c2)cc1. The predicted octanol–water partition coefficient (Wildman–Crippen LogP) is 33.6. The van der Waals surface area contributed by atoms with Gasteiger partial charge in [0.05, 0.1) is 22.2 Å². The van der Waals surface area contributed by atoms with Crippen LogP contribution in [-0.2, 0) is 10.8 Å². The Kier molecular flexibility index (Phi) is 18.4. The third-order valence-corrected chi connectivity index (χ3v) is 27.2. The van der Waals surface area contributed by atoms with Crippen LogP contribution in [0, 0.1) is 0 Å².